The van der Waals surface area contributed by atoms with Crippen LogP contribution in [0.1, 0.15) is 18.1 Å². The van der Waals surface area contributed by atoms with Crippen molar-refractivity contribution in [2.45, 2.75) is 26.3 Å². The van der Waals surface area contributed by atoms with Gasteiger partial charge in [0.25, 0.3) is 5.91 Å². The van der Waals surface area contributed by atoms with E-state index in [1.165, 1.54) is 0 Å². The third kappa shape index (κ3) is 5.57. The lowest BCUT2D eigenvalue weighted by atomic mass is 10.0. The molecule has 0 spiro atoms. The number of carbonyl (C=O) groups is 1. The third-order valence-corrected chi connectivity index (χ3v) is 2.56. The molecular weight excluding hydrogens is 240 g/mol. The highest BCUT2D eigenvalue weighted by molar-refractivity contribution is 5.77. The fourth-order valence-corrected chi connectivity index (χ4v) is 1.74. The van der Waals surface area contributed by atoms with Gasteiger partial charge < -0.3 is 15.8 Å². The minimum absolute atomic E-state index is 0.00283. The summed E-state index contributed by atoms with van der Waals surface area (Å²) in [5.41, 5.74) is 8.00. The highest BCUT2D eigenvalue weighted by Crippen LogP contribution is 2.21. The second-order valence-electron chi connectivity index (χ2n) is 4.67. The van der Waals surface area contributed by atoms with Crippen LogP contribution >= 0.6 is 0 Å². The first kappa shape index (κ1) is 15.2. The normalized spacial score (nSPS) is 11.7. The van der Waals surface area contributed by atoms with E-state index in [9.17, 15) is 4.79 Å². The Morgan fingerprint density at radius 1 is 1.58 bits per heavy atom. The first-order chi connectivity index (χ1) is 9.02. The van der Waals surface area contributed by atoms with Gasteiger partial charge in [-0.2, -0.15) is 0 Å². The van der Waals surface area contributed by atoms with Crippen LogP contribution in [0.2, 0.25) is 0 Å². The molecule has 104 valence electrons. The van der Waals surface area contributed by atoms with E-state index in [1.807, 2.05) is 32.0 Å². The van der Waals surface area contributed by atoms with Crippen LogP contribution < -0.4 is 15.8 Å². The Hall–Kier alpha value is -1.81. The van der Waals surface area contributed by atoms with E-state index in [-0.39, 0.29) is 18.6 Å². The van der Waals surface area contributed by atoms with Crippen molar-refractivity contribution in [3.8, 4) is 5.75 Å². The van der Waals surface area contributed by atoms with Gasteiger partial charge in [-0.25, -0.2) is 0 Å². The second-order valence-corrected chi connectivity index (χ2v) is 4.67. The van der Waals surface area contributed by atoms with Gasteiger partial charge in [-0.3, -0.25) is 4.79 Å². The van der Waals surface area contributed by atoms with Gasteiger partial charge in [-0.15, -0.1) is 6.58 Å². The molecule has 0 aliphatic carbocycles. The van der Waals surface area contributed by atoms with Crippen molar-refractivity contribution < 1.29 is 9.53 Å². The summed E-state index contributed by atoms with van der Waals surface area (Å²) in [7, 11) is 0. The summed E-state index contributed by atoms with van der Waals surface area (Å²) in [6.45, 7) is 7.95. The van der Waals surface area contributed by atoms with Gasteiger partial charge in [-0.05, 0) is 31.9 Å². The van der Waals surface area contributed by atoms with Gasteiger partial charge in [-0.1, -0.05) is 23.8 Å². The lowest BCUT2D eigenvalue weighted by Gasteiger charge is -2.13. The molecule has 1 unspecified atom stereocenters. The summed E-state index contributed by atoms with van der Waals surface area (Å²) in [6, 6.07) is 5.94. The predicted molar refractivity (Wildman–Crippen MR) is 77.2 cm³/mol. The van der Waals surface area contributed by atoms with Crippen molar-refractivity contribution >= 4 is 5.91 Å². The molecule has 0 radical (unpaired) electrons. The molecule has 0 aliphatic rings. The molecule has 1 rings (SSSR count). The van der Waals surface area contributed by atoms with E-state index >= 15 is 0 Å². The average Bonchev–Trinajstić information content (AvgIpc) is 2.34. The van der Waals surface area contributed by atoms with Crippen LogP contribution in [0.4, 0.5) is 0 Å². The molecule has 0 saturated heterocycles. The molecule has 1 aromatic carbocycles. The molecule has 4 heteroatoms. The number of hydrogen-bond acceptors (Lipinski definition) is 3. The van der Waals surface area contributed by atoms with Crippen molar-refractivity contribution in [2.24, 2.45) is 5.73 Å². The quantitative estimate of drug-likeness (QED) is 0.733. The molecule has 1 aromatic rings. The van der Waals surface area contributed by atoms with E-state index < -0.39 is 0 Å². The van der Waals surface area contributed by atoms with Crippen molar-refractivity contribution in [3.63, 3.8) is 0 Å². The highest BCUT2D eigenvalue weighted by atomic mass is 16.5. The van der Waals surface area contributed by atoms with Crippen LogP contribution in [0.15, 0.2) is 30.9 Å². The molecule has 0 fully saturated rings. The van der Waals surface area contributed by atoms with Crippen molar-refractivity contribution in [1.29, 1.82) is 0 Å². The molecule has 0 heterocycles. The van der Waals surface area contributed by atoms with Gasteiger partial charge in [0.2, 0.25) is 0 Å². The Kier molecular flexibility index (Phi) is 6.09. The highest BCUT2D eigenvalue weighted by Gasteiger charge is 2.08. The predicted octanol–water partition coefficient (Wildman–Crippen LogP) is 1.57. The lowest BCUT2D eigenvalue weighted by molar-refractivity contribution is -0.122. The number of nitrogens with one attached hydrogen (secondary N) is 1. The standard InChI is InChI=1S/C15H22N2O2/c1-4-7-17-15(18)10-19-14-6-5-11(2)8-13(14)9-12(3)16/h4-6,8,12H,1,7,9-10,16H2,2-3H3,(H,17,18). The maximum absolute atomic E-state index is 11.5. The number of aryl methyl sites for hydroxylation is 1. The van der Waals surface area contributed by atoms with E-state index in [0.717, 1.165) is 23.3 Å². The van der Waals surface area contributed by atoms with Crippen molar-refractivity contribution in [1.82, 2.24) is 5.32 Å². The van der Waals surface area contributed by atoms with Gasteiger partial charge in [0.1, 0.15) is 5.75 Å². The number of carbonyl (C=O) groups excluding carboxylic acids is 1. The molecule has 0 aliphatic heterocycles. The lowest BCUT2D eigenvalue weighted by Crippen LogP contribution is -2.29. The van der Waals surface area contributed by atoms with Gasteiger partial charge in [0, 0.05) is 12.6 Å². The number of ether oxygens (including phenoxy) is 1. The summed E-state index contributed by atoms with van der Waals surface area (Å²) < 4.78 is 5.55. The molecule has 0 aromatic heterocycles. The summed E-state index contributed by atoms with van der Waals surface area (Å²) in [6.07, 6.45) is 2.36. The summed E-state index contributed by atoms with van der Waals surface area (Å²) >= 11 is 0. The summed E-state index contributed by atoms with van der Waals surface area (Å²) in [4.78, 5) is 11.5. The Bertz CT molecular complexity index is 442. The second kappa shape index (κ2) is 7.59. The maximum Gasteiger partial charge on any atom is 0.258 e. The Labute approximate surface area is 114 Å². The summed E-state index contributed by atoms with van der Waals surface area (Å²) in [5.74, 6) is 0.559. The minimum atomic E-state index is -0.160. The summed E-state index contributed by atoms with van der Waals surface area (Å²) in [5, 5.41) is 2.67. The Morgan fingerprint density at radius 3 is 2.95 bits per heavy atom. The Morgan fingerprint density at radius 2 is 2.32 bits per heavy atom. The zero-order valence-corrected chi connectivity index (χ0v) is 11.6. The van der Waals surface area contributed by atoms with Crippen LogP contribution in [0.25, 0.3) is 0 Å². The largest absolute Gasteiger partial charge is 0.483 e. The SMILES string of the molecule is C=CCNC(=O)COc1ccc(C)cc1CC(C)N. The van der Waals surface area contributed by atoms with Crippen molar-refractivity contribution in [3.05, 3.63) is 42.0 Å². The van der Waals surface area contributed by atoms with Crippen LogP contribution in [-0.2, 0) is 11.2 Å². The fraction of sp³-hybridized carbons (Fsp3) is 0.400. The number of benzene rings is 1. The van der Waals surface area contributed by atoms with E-state index in [0.29, 0.717) is 6.54 Å². The van der Waals surface area contributed by atoms with Crippen LogP contribution in [-0.4, -0.2) is 25.1 Å². The maximum atomic E-state index is 11.5. The first-order valence-electron chi connectivity index (χ1n) is 6.38. The minimum Gasteiger partial charge on any atom is -0.483 e. The van der Waals surface area contributed by atoms with Gasteiger partial charge >= 0.3 is 0 Å². The zero-order valence-electron chi connectivity index (χ0n) is 11.6. The van der Waals surface area contributed by atoms with E-state index in [4.69, 9.17) is 10.5 Å². The third-order valence-electron chi connectivity index (χ3n) is 2.56. The zero-order chi connectivity index (χ0) is 14.3. The number of hydrogen-bond donors (Lipinski definition) is 2. The van der Waals surface area contributed by atoms with Crippen molar-refractivity contribution in [2.75, 3.05) is 13.2 Å². The van der Waals surface area contributed by atoms with Gasteiger partial charge in [0.05, 0.1) is 0 Å². The smallest absolute Gasteiger partial charge is 0.258 e. The molecular formula is C15H22N2O2. The fourth-order valence-electron chi connectivity index (χ4n) is 1.74. The number of amides is 1. The molecule has 4 nitrogen and oxygen atoms in total. The van der Waals surface area contributed by atoms with E-state index in [2.05, 4.69) is 11.9 Å². The topological polar surface area (TPSA) is 64.3 Å². The molecule has 0 saturated carbocycles. The Balaban J connectivity index is 2.66. The molecule has 0 bridgehead atoms. The molecule has 1 amide bonds. The molecule has 1 atom stereocenters. The van der Waals surface area contributed by atoms with Gasteiger partial charge in [0.15, 0.2) is 6.61 Å². The first-order valence-corrected chi connectivity index (χ1v) is 6.38. The number of nitrogens with two attached hydrogens (primary N) is 1. The van der Waals surface area contributed by atoms with Crippen LogP contribution in [0, 0.1) is 6.92 Å². The average molecular weight is 262 g/mol. The molecule has 3 N–H and O–H groups in total. The van der Waals surface area contributed by atoms with Crippen LogP contribution in [0.5, 0.6) is 5.75 Å². The molecule has 19 heavy (non-hydrogen) atoms. The van der Waals surface area contributed by atoms with E-state index in [1.54, 1.807) is 6.08 Å². The van der Waals surface area contributed by atoms with Crippen LogP contribution in [0.3, 0.4) is 0 Å². The number of rotatable bonds is 7. The monoisotopic (exact) mass is 262 g/mol.